The van der Waals surface area contributed by atoms with E-state index in [1.165, 1.54) is 0 Å². The van der Waals surface area contributed by atoms with Crippen LogP contribution in [0.1, 0.15) is 32.1 Å². The number of rotatable bonds is 4. The Morgan fingerprint density at radius 2 is 1.92 bits per heavy atom. The summed E-state index contributed by atoms with van der Waals surface area (Å²) in [6, 6.07) is 0. The molecule has 0 aromatic carbocycles. The first-order valence-corrected chi connectivity index (χ1v) is 4.22. The molecular formula is C8H12F3NO. The molecule has 0 radical (unpaired) electrons. The van der Waals surface area contributed by atoms with Crippen molar-refractivity contribution in [3.63, 3.8) is 0 Å². The van der Waals surface area contributed by atoms with Gasteiger partial charge in [-0.25, -0.2) is 0 Å². The van der Waals surface area contributed by atoms with Crippen LogP contribution in [0.2, 0.25) is 0 Å². The molecule has 0 unspecified atom stereocenters. The number of carbonyl (C=O) groups excluding carboxylic acids is 1. The van der Waals surface area contributed by atoms with Crippen molar-refractivity contribution in [3.05, 3.63) is 0 Å². The van der Waals surface area contributed by atoms with Crippen LogP contribution in [0.15, 0.2) is 0 Å². The monoisotopic (exact) mass is 195 g/mol. The Bertz CT molecular complexity index is 208. The normalized spacial score (nSPS) is 20.0. The molecule has 2 N–H and O–H groups in total. The molecule has 1 rings (SSSR count). The van der Waals surface area contributed by atoms with Crippen LogP contribution in [-0.2, 0) is 4.79 Å². The van der Waals surface area contributed by atoms with Crippen LogP contribution in [0.3, 0.4) is 0 Å². The van der Waals surface area contributed by atoms with Gasteiger partial charge in [-0.05, 0) is 19.3 Å². The second-order valence-corrected chi connectivity index (χ2v) is 3.55. The summed E-state index contributed by atoms with van der Waals surface area (Å²) in [4.78, 5) is 11.1. The van der Waals surface area contributed by atoms with E-state index in [0.717, 1.165) is 0 Å². The van der Waals surface area contributed by atoms with Crippen LogP contribution in [0.25, 0.3) is 0 Å². The van der Waals surface area contributed by atoms with Gasteiger partial charge in [-0.1, -0.05) is 0 Å². The molecule has 0 aromatic heterocycles. The fraction of sp³-hybridized carbons (Fsp3) is 0.875. The Balaban J connectivity index is 2.16. The molecule has 76 valence electrons. The third-order valence-electron chi connectivity index (χ3n) is 2.21. The first kappa shape index (κ1) is 10.5. The Morgan fingerprint density at radius 3 is 2.31 bits per heavy atom. The van der Waals surface area contributed by atoms with Crippen molar-refractivity contribution < 1.29 is 18.0 Å². The molecule has 5 heteroatoms. The zero-order chi connectivity index (χ0) is 10.1. The van der Waals surface area contributed by atoms with Gasteiger partial charge in [-0.2, -0.15) is 13.2 Å². The molecule has 1 saturated carbocycles. The van der Waals surface area contributed by atoms with E-state index in [-0.39, 0.29) is 18.6 Å². The van der Waals surface area contributed by atoms with Crippen molar-refractivity contribution in [2.24, 2.45) is 5.73 Å². The summed E-state index contributed by atoms with van der Waals surface area (Å²) in [5, 5.41) is 0. The van der Waals surface area contributed by atoms with Crippen molar-refractivity contribution in [2.45, 2.75) is 43.8 Å². The molecule has 0 amide bonds. The Hall–Kier alpha value is -0.580. The van der Waals surface area contributed by atoms with Crippen molar-refractivity contribution in [3.8, 4) is 0 Å². The van der Waals surface area contributed by atoms with E-state index >= 15 is 0 Å². The Labute approximate surface area is 74.3 Å². The summed E-state index contributed by atoms with van der Waals surface area (Å²) in [7, 11) is 0. The maximum absolute atomic E-state index is 11.7. The predicted molar refractivity (Wildman–Crippen MR) is 41.1 cm³/mol. The van der Waals surface area contributed by atoms with Crippen molar-refractivity contribution in [1.29, 1.82) is 0 Å². The van der Waals surface area contributed by atoms with Crippen LogP contribution in [-0.4, -0.2) is 17.5 Å². The molecule has 13 heavy (non-hydrogen) atoms. The van der Waals surface area contributed by atoms with E-state index in [1.54, 1.807) is 0 Å². The average Bonchev–Trinajstić information content (AvgIpc) is 2.66. The molecule has 2 nitrogen and oxygen atoms in total. The van der Waals surface area contributed by atoms with Crippen LogP contribution in [0.5, 0.6) is 0 Å². The highest BCUT2D eigenvalue weighted by Gasteiger charge is 2.45. The lowest BCUT2D eigenvalue weighted by molar-refractivity contribution is -0.137. The van der Waals surface area contributed by atoms with E-state index in [0.29, 0.717) is 12.8 Å². The zero-order valence-corrected chi connectivity index (χ0v) is 7.16. The summed E-state index contributed by atoms with van der Waals surface area (Å²) >= 11 is 0. The number of hydrogen-bond donors (Lipinski definition) is 1. The molecule has 0 heterocycles. The molecule has 0 spiro atoms. The van der Waals surface area contributed by atoms with Gasteiger partial charge in [0.2, 0.25) is 0 Å². The minimum atomic E-state index is -4.16. The van der Waals surface area contributed by atoms with Crippen molar-refractivity contribution >= 4 is 5.78 Å². The molecular weight excluding hydrogens is 183 g/mol. The van der Waals surface area contributed by atoms with E-state index in [2.05, 4.69) is 0 Å². The van der Waals surface area contributed by atoms with Crippen LogP contribution in [0.4, 0.5) is 13.2 Å². The molecule has 0 bridgehead atoms. The van der Waals surface area contributed by atoms with Gasteiger partial charge in [0.05, 0.1) is 5.54 Å². The molecule has 1 aliphatic carbocycles. The van der Waals surface area contributed by atoms with E-state index in [1.807, 2.05) is 0 Å². The number of Topliss-reactive ketones (excluding diaryl/α,β-unsaturated/α-hetero) is 1. The average molecular weight is 195 g/mol. The predicted octanol–water partition coefficient (Wildman–Crippen LogP) is 1.78. The second-order valence-electron chi connectivity index (χ2n) is 3.55. The highest BCUT2D eigenvalue weighted by atomic mass is 19.4. The van der Waals surface area contributed by atoms with E-state index in [4.69, 9.17) is 5.73 Å². The van der Waals surface area contributed by atoms with Crippen molar-refractivity contribution in [2.75, 3.05) is 0 Å². The van der Waals surface area contributed by atoms with Crippen LogP contribution < -0.4 is 5.73 Å². The summed E-state index contributed by atoms with van der Waals surface area (Å²) < 4.78 is 35.0. The standard InChI is InChI=1S/C8H12F3NO/c9-8(10,11)3-1-2-6(13)7(12)4-5-7/h1-5,12H2. The van der Waals surface area contributed by atoms with Gasteiger partial charge >= 0.3 is 6.18 Å². The van der Waals surface area contributed by atoms with Crippen LogP contribution in [0, 0.1) is 0 Å². The molecule has 0 aliphatic heterocycles. The lowest BCUT2D eigenvalue weighted by Gasteiger charge is -2.08. The van der Waals surface area contributed by atoms with Gasteiger partial charge < -0.3 is 5.73 Å². The summed E-state index contributed by atoms with van der Waals surface area (Å²) in [6.07, 6.45) is -3.99. The zero-order valence-electron chi connectivity index (χ0n) is 7.16. The quantitative estimate of drug-likeness (QED) is 0.743. The molecule has 0 atom stereocenters. The van der Waals surface area contributed by atoms with Gasteiger partial charge in [-0.3, -0.25) is 4.79 Å². The largest absolute Gasteiger partial charge is 0.389 e. The van der Waals surface area contributed by atoms with Gasteiger partial charge in [0.15, 0.2) is 5.78 Å². The van der Waals surface area contributed by atoms with Crippen molar-refractivity contribution in [1.82, 2.24) is 0 Å². The summed E-state index contributed by atoms with van der Waals surface area (Å²) in [6.45, 7) is 0. The molecule has 0 saturated heterocycles. The van der Waals surface area contributed by atoms with Crippen LogP contribution >= 0.6 is 0 Å². The van der Waals surface area contributed by atoms with Gasteiger partial charge in [0.1, 0.15) is 0 Å². The number of hydrogen-bond acceptors (Lipinski definition) is 2. The number of ketones is 1. The fourth-order valence-electron chi connectivity index (χ4n) is 1.11. The number of halogens is 3. The minimum absolute atomic E-state index is 0.0456. The molecule has 1 fully saturated rings. The van der Waals surface area contributed by atoms with Gasteiger partial charge in [0, 0.05) is 12.8 Å². The lowest BCUT2D eigenvalue weighted by atomic mass is 10.1. The number of carbonyl (C=O) groups is 1. The third-order valence-corrected chi connectivity index (χ3v) is 2.21. The van der Waals surface area contributed by atoms with E-state index in [9.17, 15) is 18.0 Å². The summed E-state index contributed by atoms with van der Waals surface area (Å²) in [5.74, 6) is -0.225. The highest BCUT2D eigenvalue weighted by Crippen LogP contribution is 2.35. The first-order chi connectivity index (χ1) is 5.83. The second kappa shape index (κ2) is 3.29. The SMILES string of the molecule is NC1(C(=O)CCCC(F)(F)F)CC1. The Morgan fingerprint density at radius 1 is 1.38 bits per heavy atom. The Kier molecular flexibility index (Phi) is 2.66. The smallest absolute Gasteiger partial charge is 0.319 e. The molecule has 1 aliphatic rings. The topological polar surface area (TPSA) is 43.1 Å². The maximum atomic E-state index is 11.7. The third kappa shape index (κ3) is 3.34. The number of nitrogens with two attached hydrogens (primary N) is 1. The lowest BCUT2D eigenvalue weighted by Crippen LogP contribution is -2.32. The number of alkyl halides is 3. The fourth-order valence-corrected chi connectivity index (χ4v) is 1.11. The molecule has 0 aromatic rings. The maximum Gasteiger partial charge on any atom is 0.389 e. The van der Waals surface area contributed by atoms with Gasteiger partial charge in [-0.15, -0.1) is 0 Å². The van der Waals surface area contributed by atoms with E-state index < -0.39 is 18.1 Å². The van der Waals surface area contributed by atoms with Gasteiger partial charge in [0.25, 0.3) is 0 Å². The highest BCUT2D eigenvalue weighted by molar-refractivity contribution is 5.90. The summed E-state index contributed by atoms with van der Waals surface area (Å²) in [5.41, 5.74) is 4.74. The first-order valence-electron chi connectivity index (χ1n) is 4.22. The minimum Gasteiger partial charge on any atom is -0.319 e.